The Bertz CT molecular complexity index is 332. The summed E-state index contributed by atoms with van der Waals surface area (Å²) in [5, 5.41) is 20.6. The third-order valence-electron chi connectivity index (χ3n) is 3.52. The van der Waals surface area contributed by atoms with Crippen molar-refractivity contribution in [2.75, 3.05) is 0 Å². The van der Waals surface area contributed by atoms with E-state index < -0.39 is 29.6 Å². The van der Waals surface area contributed by atoms with Crippen molar-refractivity contribution < 1.29 is 19.8 Å². The predicted molar refractivity (Wildman–Crippen MR) is 65.8 cm³/mol. The highest BCUT2D eigenvalue weighted by Gasteiger charge is 2.40. The van der Waals surface area contributed by atoms with Crippen LogP contribution in [-0.2, 0) is 9.59 Å². The quantitative estimate of drug-likeness (QED) is 0.560. The Kier molecular flexibility index (Phi) is 4.70. The number of nitrogens with one attached hydrogen (secondary N) is 1. The maximum atomic E-state index is 12.1. The van der Waals surface area contributed by atoms with Crippen LogP contribution < -0.4 is 11.1 Å². The van der Waals surface area contributed by atoms with E-state index in [0.29, 0.717) is 18.8 Å². The smallest absolute Gasteiger partial charge is 0.328 e. The molecular formula is C12H22N2O4. The van der Waals surface area contributed by atoms with Gasteiger partial charge in [-0.05, 0) is 25.7 Å². The van der Waals surface area contributed by atoms with Gasteiger partial charge in [0, 0.05) is 0 Å². The molecule has 1 saturated carbocycles. The second kappa shape index (κ2) is 5.67. The number of aliphatic hydroxyl groups is 1. The van der Waals surface area contributed by atoms with Crippen molar-refractivity contribution in [3.05, 3.63) is 0 Å². The summed E-state index contributed by atoms with van der Waals surface area (Å²) in [7, 11) is 0. The Morgan fingerprint density at radius 3 is 2.56 bits per heavy atom. The van der Waals surface area contributed by atoms with Crippen molar-refractivity contribution in [1.82, 2.24) is 5.32 Å². The van der Waals surface area contributed by atoms with Crippen LogP contribution in [0.3, 0.4) is 0 Å². The molecule has 0 saturated heterocycles. The number of carboxylic acids is 1. The molecule has 0 aromatic carbocycles. The molecule has 4 atom stereocenters. The maximum absolute atomic E-state index is 12.1. The first-order valence-corrected chi connectivity index (χ1v) is 6.27. The normalized spacial score (nSPS) is 31.4. The van der Waals surface area contributed by atoms with Gasteiger partial charge in [-0.2, -0.15) is 0 Å². The lowest BCUT2D eigenvalue weighted by atomic mass is 9.76. The van der Waals surface area contributed by atoms with E-state index in [0.717, 1.165) is 12.8 Å². The minimum atomic E-state index is -1.31. The van der Waals surface area contributed by atoms with Gasteiger partial charge < -0.3 is 21.3 Å². The van der Waals surface area contributed by atoms with Crippen molar-refractivity contribution in [1.29, 1.82) is 0 Å². The van der Waals surface area contributed by atoms with Crippen LogP contribution >= 0.6 is 0 Å². The highest BCUT2D eigenvalue weighted by molar-refractivity contribution is 5.90. The van der Waals surface area contributed by atoms with E-state index in [1.807, 2.05) is 6.92 Å². The number of rotatable bonds is 4. The van der Waals surface area contributed by atoms with E-state index in [9.17, 15) is 14.7 Å². The highest BCUT2D eigenvalue weighted by atomic mass is 16.4. The van der Waals surface area contributed by atoms with Crippen LogP contribution in [0.15, 0.2) is 0 Å². The molecular weight excluding hydrogens is 236 g/mol. The molecule has 18 heavy (non-hydrogen) atoms. The zero-order valence-electron chi connectivity index (χ0n) is 10.8. The molecule has 0 radical (unpaired) electrons. The van der Waals surface area contributed by atoms with Gasteiger partial charge in [0.1, 0.15) is 0 Å². The first-order valence-electron chi connectivity index (χ1n) is 6.27. The molecule has 1 amide bonds. The molecule has 0 aliphatic heterocycles. The summed E-state index contributed by atoms with van der Waals surface area (Å²) in [6.45, 7) is 3.35. The Labute approximate surface area is 107 Å². The summed E-state index contributed by atoms with van der Waals surface area (Å²) in [4.78, 5) is 23.0. The van der Waals surface area contributed by atoms with Gasteiger partial charge >= 0.3 is 5.97 Å². The van der Waals surface area contributed by atoms with Gasteiger partial charge in [0.05, 0.1) is 11.6 Å². The lowest BCUT2D eigenvalue weighted by molar-refractivity contribution is -0.146. The average Bonchev–Trinajstić information content (AvgIpc) is 2.24. The van der Waals surface area contributed by atoms with Gasteiger partial charge in [0.25, 0.3) is 0 Å². The Hall–Kier alpha value is -1.14. The van der Waals surface area contributed by atoms with Crippen LogP contribution in [0, 0.1) is 5.92 Å². The monoisotopic (exact) mass is 258 g/mol. The van der Waals surface area contributed by atoms with E-state index in [2.05, 4.69) is 5.32 Å². The van der Waals surface area contributed by atoms with E-state index in [4.69, 9.17) is 10.8 Å². The van der Waals surface area contributed by atoms with Crippen LogP contribution in [0.2, 0.25) is 0 Å². The lowest BCUT2D eigenvalue weighted by Crippen LogP contribution is -2.60. The molecule has 1 aliphatic carbocycles. The summed E-state index contributed by atoms with van der Waals surface area (Å²) in [6, 6.07) is -1.31. The summed E-state index contributed by atoms with van der Waals surface area (Å²) in [5.74, 6) is -1.39. The second-order valence-electron chi connectivity index (χ2n) is 5.39. The number of carbonyl (C=O) groups is 2. The van der Waals surface area contributed by atoms with Crippen LogP contribution in [0.25, 0.3) is 0 Å². The number of carbonyl (C=O) groups excluding carboxylic acids is 1. The van der Waals surface area contributed by atoms with Gasteiger partial charge in [-0.3, -0.25) is 4.79 Å². The van der Waals surface area contributed by atoms with Gasteiger partial charge in [0.2, 0.25) is 5.91 Å². The fraction of sp³-hybridized carbons (Fsp3) is 0.833. The molecule has 1 rings (SSSR count). The number of nitrogens with two attached hydrogens (primary N) is 1. The van der Waals surface area contributed by atoms with Gasteiger partial charge in [0.15, 0.2) is 6.04 Å². The van der Waals surface area contributed by atoms with E-state index in [-0.39, 0.29) is 0 Å². The van der Waals surface area contributed by atoms with Crippen molar-refractivity contribution in [3.63, 3.8) is 0 Å². The summed E-state index contributed by atoms with van der Waals surface area (Å²) in [5.41, 5.74) is 5.04. The first-order chi connectivity index (χ1) is 8.26. The maximum Gasteiger partial charge on any atom is 0.328 e. The summed E-state index contributed by atoms with van der Waals surface area (Å²) >= 11 is 0. The fourth-order valence-electron chi connectivity index (χ4n) is 2.47. The molecule has 0 bridgehead atoms. The Balaban J connectivity index is 2.71. The third kappa shape index (κ3) is 3.43. The number of aliphatic hydroxyl groups excluding tert-OH is 1. The predicted octanol–water partition coefficient (Wildman–Crippen LogP) is -0.156. The largest absolute Gasteiger partial charge is 0.480 e. The molecule has 0 aromatic heterocycles. The molecule has 0 heterocycles. The lowest BCUT2D eigenvalue weighted by Gasteiger charge is -2.36. The topological polar surface area (TPSA) is 113 Å². The van der Waals surface area contributed by atoms with Crippen molar-refractivity contribution in [2.45, 2.75) is 57.2 Å². The summed E-state index contributed by atoms with van der Waals surface area (Å²) in [6.07, 6.45) is 1.83. The first kappa shape index (κ1) is 14.9. The second-order valence-corrected chi connectivity index (χ2v) is 5.39. The molecule has 6 nitrogen and oxygen atoms in total. The number of amides is 1. The number of carboxylic acid groups (broad SMARTS) is 1. The third-order valence-corrected chi connectivity index (χ3v) is 3.52. The van der Waals surface area contributed by atoms with Crippen LogP contribution in [0.1, 0.15) is 39.5 Å². The van der Waals surface area contributed by atoms with Gasteiger partial charge in [-0.1, -0.05) is 19.8 Å². The van der Waals surface area contributed by atoms with E-state index in [1.54, 1.807) is 0 Å². The van der Waals surface area contributed by atoms with Gasteiger partial charge in [-0.25, -0.2) is 4.79 Å². The average molecular weight is 258 g/mol. The molecule has 6 heteroatoms. The number of hydrogen-bond donors (Lipinski definition) is 4. The van der Waals surface area contributed by atoms with E-state index >= 15 is 0 Å². The van der Waals surface area contributed by atoms with Crippen molar-refractivity contribution >= 4 is 11.9 Å². The SMILES string of the molecule is CC1CCCC(N)(C(=O)NC(C(=O)O)C(C)O)C1. The zero-order chi connectivity index (χ0) is 13.9. The molecule has 1 fully saturated rings. The number of aliphatic carboxylic acids is 1. The Morgan fingerprint density at radius 2 is 2.11 bits per heavy atom. The van der Waals surface area contributed by atoms with E-state index in [1.165, 1.54) is 6.92 Å². The molecule has 0 aromatic rings. The van der Waals surface area contributed by atoms with Gasteiger partial charge in [-0.15, -0.1) is 0 Å². The molecule has 4 unspecified atom stereocenters. The van der Waals surface area contributed by atoms with Crippen LogP contribution in [-0.4, -0.2) is 39.8 Å². The van der Waals surface area contributed by atoms with Crippen molar-refractivity contribution in [3.8, 4) is 0 Å². The zero-order valence-corrected chi connectivity index (χ0v) is 10.8. The van der Waals surface area contributed by atoms with Crippen LogP contribution in [0.5, 0.6) is 0 Å². The molecule has 104 valence electrons. The van der Waals surface area contributed by atoms with Crippen LogP contribution in [0.4, 0.5) is 0 Å². The fourth-order valence-corrected chi connectivity index (χ4v) is 2.47. The minimum absolute atomic E-state index is 0.351. The molecule has 0 spiro atoms. The van der Waals surface area contributed by atoms with Crippen molar-refractivity contribution in [2.24, 2.45) is 11.7 Å². The standard InChI is InChI=1S/C12H22N2O4/c1-7-4-3-5-12(13,6-7)11(18)14-9(8(2)15)10(16)17/h7-9,15H,3-6,13H2,1-2H3,(H,14,18)(H,16,17). The summed E-state index contributed by atoms with van der Waals surface area (Å²) < 4.78 is 0. The highest BCUT2D eigenvalue weighted by Crippen LogP contribution is 2.30. The molecule has 1 aliphatic rings. The Morgan fingerprint density at radius 1 is 1.50 bits per heavy atom. The number of hydrogen-bond acceptors (Lipinski definition) is 4. The minimum Gasteiger partial charge on any atom is -0.480 e. The molecule has 5 N–H and O–H groups in total.